The second-order valence-electron chi connectivity index (χ2n) is 7.53. The third-order valence-corrected chi connectivity index (χ3v) is 5.76. The van der Waals surface area contributed by atoms with Gasteiger partial charge in [-0.3, -0.25) is 9.67 Å². The minimum atomic E-state index is -0.0238. The van der Waals surface area contributed by atoms with Crippen molar-refractivity contribution in [1.29, 1.82) is 0 Å². The second-order valence-corrected chi connectivity index (χ2v) is 7.53. The zero-order valence-corrected chi connectivity index (χ0v) is 15.4. The number of rotatable bonds is 3. The SMILES string of the molecule is Cn1cc(-c2ccc3ncc(C4(c5ccc6ncccc6c5)CC4)n3n2)cn1. The zero-order chi connectivity index (χ0) is 18.7. The van der Waals surface area contributed by atoms with E-state index < -0.39 is 0 Å². The van der Waals surface area contributed by atoms with E-state index in [-0.39, 0.29) is 5.41 Å². The first-order chi connectivity index (χ1) is 13.7. The van der Waals surface area contributed by atoms with Crippen molar-refractivity contribution in [2.45, 2.75) is 18.3 Å². The van der Waals surface area contributed by atoms with Gasteiger partial charge in [-0.05, 0) is 48.7 Å². The minimum Gasteiger partial charge on any atom is -0.275 e. The molecule has 1 saturated carbocycles. The normalized spacial score (nSPS) is 15.3. The monoisotopic (exact) mass is 366 g/mol. The number of imidazole rings is 1. The fourth-order valence-electron chi connectivity index (χ4n) is 4.10. The summed E-state index contributed by atoms with van der Waals surface area (Å²) in [6.45, 7) is 0. The van der Waals surface area contributed by atoms with Gasteiger partial charge in [-0.15, -0.1) is 0 Å². The molecule has 1 fully saturated rings. The van der Waals surface area contributed by atoms with Crippen LogP contribution in [0.15, 0.2) is 67.3 Å². The topological polar surface area (TPSA) is 60.9 Å². The van der Waals surface area contributed by atoms with Gasteiger partial charge in [-0.2, -0.15) is 10.2 Å². The summed E-state index contributed by atoms with van der Waals surface area (Å²) in [5.74, 6) is 0. The Kier molecular flexibility index (Phi) is 3.04. The van der Waals surface area contributed by atoms with Gasteiger partial charge in [-0.25, -0.2) is 9.50 Å². The van der Waals surface area contributed by atoms with Crippen molar-refractivity contribution < 1.29 is 0 Å². The Bertz CT molecular complexity index is 1340. The molecule has 6 rings (SSSR count). The quantitative estimate of drug-likeness (QED) is 0.488. The number of aromatic nitrogens is 6. The molecule has 0 N–H and O–H groups in total. The van der Waals surface area contributed by atoms with Crippen molar-refractivity contribution in [2.75, 3.05) is 0 Å². The van der Waals surface area contributed by atoms with Crippen LogP contribution in [0, 0.1) is 0 Å². The Hall–Kier alpha value is -3.54. The second kappa shape index (κ2) is 5.48. The fraction of sp³-hybridized carbons (Fsp3) is 0.182. The van der Waals surface area contributed by atoms with Crippen LogP contribution in [0.4, 0.5) is 0 Å². The highest BCUT2D eigenvalue weighted by Gasteiger charge is 2.48. The van der Waals surface area contributed by atoms with E-state index in [4.69, 9.17) is 5.10 Å². The molecular weight excluding hydrogens is 348 g/mol. The maximum absolute atomic E-state index is 4.90. The molecule has 0 aliphatic heterocycles. The highest BCUT2D eigenvalue weighted by atomic mass is 15.3. The number of fused-ring (bicyclic) bond motifs is 2. The van der Waals surface area contributed by atoms with Gasteiger partial charge in [0, 0.05) is 35.8 Å². The van der Waals surface area contributed by atoms with E-state index in [9.17, 15) is 0 Å². The van der Waals surface area contributed by atoms with Crippen LogP contribution in [0.1, 0.15) is 24.1 Å². The van der Waals surface area contributed by atoms with Gasteiger partial charge in [0.05, 0.1) is 29.3 Å². The van der Waals surface area contributed by atoms with Gasteiger partial charge in [-0.1, -0.05) is 12.1 Å². The number of pyridine rings is 1. The third kappa shape index (κ3) is 2.21. The van der Waals surface area contributed by atoms with E-state index in [1.54, 1.807) is 4.68 Å². The van der Waals surface area contributed by atoms with Gasteiger partial charge in [0.2, 0.25) is 0 Å². The predicted molar refractivity (Wildman–Crippen MR) is 107 cm³/mol. The van der Waals surface area contributed by atoms with Gasteiger partial charge < -0.3 is 0 Å². The van der Waals surface area contributed by atoms with Gasteiger partial charge in [0.1, 0.15) is 0 Å². The van der Waals surface area contributed by atoms with Crippen molar-refractivity contribution in [3.8, 4) is 11.3 Å². The summed E-state index contributed by atoms with van der Waals surface area (Å²) in [6.07, 6.45) is 9.85. The molecule has 1 aliphatic carbocycles. The fourth-order valence-corrected chi connectivity index (χ4v) is 4.10. The molecule has 4 heterocycles. The first kappa shape index (κ1) is 15.5. The Morgan fingerprint density at radius 2 is 1.93 bits per heavy atom. The molecule has 6 nitrogen and oxygen atoms in total. The van der Waals surface area contributed by atoms with Crippen molar-refractivity contribution in [3.63, 3.8) is 0 Å². The highest BCUT2D eigenvalue weighted by Crippen LogP contribution is 2.53. The average Bonchev–Trinajstić information content (AvgIpc) is 3.23. The van der Waals surface area contributed by atoms with Gasteiger partial charge >= 0.3 is 0 Å². The van der Waals surface area contributed by atoms with Crippen molar-refractivity contribution in [1.82, 2.24) is 29.4 Å². The van der Waals surface area contributed by atoms with Crippen molar-refractivity contribution in [3.05, 3.63) is 78.5 Å². The summed E-state index contributed by atoms with van der Waals surface area (Å²) < 4.78 is 3.80. The van der Waals surface area contributed by atoms with Crippen LogP contribution in [-0.4, -0.2) is 29.4 Å². The number of aryl methyl sites for hydroxylation is 1. The summed E-state index contributed by atoms with van der Waals surface area (Å²) in [5, 5.41) is 10.3. The number of hydrogen-bond donors (Lipinski definition) is 0. The smallest absolute Gasteiger partial charge is 0.153 e. The van der Waals surface area contributed by atoms with Crippen molar-refractivity contribution >= 4 is 16.6 Å². The lowest BCUT2D eigenvalue weighted by atomic mass is 9.91. The molecule has 0 spiro atoms. The van der Waals surface area contributed by atoms with E-state index in [0.717, 1.165) is 41.0 Å². The first-order valence-electron chi connectivity index (χ1n) is 9.43. The maximum atomic E-state index is 4.90. The summed E-state index contributed by atoms with van der Waals surface area (Å²) in [6, 6.07) is 14.7. The Morgan fingerprint density at radius 1 is 1.00 bits per heavy atom. The van der Waals surface area contributed by atoms with Crippen LogP contribution in [-0.2, 0) is 12.5 Å². The number of benzene rings is 1. The van der Waals surface area contributed by atoms with Crippen LogP contribution >= 0.6 is 0 Å². The van der Waals surface area contributed by atoms with E-state index in [2.05, 4.69) is 39.3 Å². The lowest BCUT2D eigenvalue weighted by molar-refractivity contribution is 0.745. The molecule has 0 saturated heterocycles. The zero-order valence-electron chi connectivity index (χ0n) is 15.4. The highest BCUT2D eigenvalue weighted by molar-refractivity contribution is 5.79. The molecule has 1 aromatic carbocycles. The van der Waals surface area contributed by atoms with Crippen LogP contribution in [0.2, 0.25) is 0 Å². The molecule has 136 valence electrons. The van der Waals surface area contributed by atoms with E-state index >= 15 is 0 Å². The summed E-state index contributed by atoms with van der Waals surface area (Å²) in [7, 11) is 1.92. The molecule has 0 amide bonds. The van der Waals surface area contributed by atoms with E-state index in [1.807, 2.05) is 54.5 Å². The molecule has 0 bridgehead atoms. The molecule has 4 aromatic heterocycles. The lowest BCUT2D eigenvalue weighted by Crippen LogP contribution is -2.13. The van der Waals surface area contributed by atoms with Crippen LogP contribution in [0.5, 0.6) is 0 Å². The Labute approximate surface area is 161 Å². The van der Waals surface area contributed by atoms with Crippen LogP contribution < -0.4 is 0 Å². The summed E-state index contributed by atoms with van der Waals surface area (Å²) in [5.41, 5.74) is 6.24. The predicted octanol–water partition coefficient (Wildman–Crippen LogP) is 3.76. The number of nitrogens with zero attached hydrogens (tertiary/aromatic N) is 6. The molecule has 0 radical (unpaired) electrons. The first-order valence-corrected chi connectivity index (χ1v) is 9.43. The molecular formula is C22H18N6. The average molecular weight is 366 g/mol. The lowest BCUT2D eigenvalue weighted by Gasteiger charge is -2.16. The summed E-state index contributed by atoms with van der Waals surface area (Å²) >= 11 is 0. The molecule has 6 heteroatoms. The third-order valence-electron chi connectivity index (χ3n) is 5.76. The largest absolute Gasteiger partial charge is 0.275 e. The van der Waals surface area contributed by atoms with Gasteiger partial charge in [0.15, 0.2) is 5.65 Å². The molecule has 5 aromatic rings. The molecule has 1 aliphatic rings. The minimum absolute atomic E-state index is 0.0238. The molecule has 0 unspecified atom stereocenters. The maximum Gasteiger partial charge on any atom is 0.153 e. The number of hydrogen-bond acceptors (Lipinski definition) is 4. The molecule has 0 atom stereocenters. The van der Waals surface area contributed by atoms with Crippen molar-refractivity contribution in [2.24, 2.45) is 7.05 Å². The summed E-state index contributed by atoms with van der Waals surface area (Å²) in [4.78, 5) is 9.07. The van der Waals surface area contributed by atoms with Gasteiger partial charge in [0.25, 0.3) is 0 Å². The van der Waals surface area contributed by atoms with E-state index in [1.165, 1.54) is 10.9 Å². The standard InChI is InChI=1S/C22H18N6/c1-27-14-16(12-25-27)19-6-7-21-24-13-20(28(21)26-19)22(8-9-22)17-4-5-18-15(11-17)3-2-10-23-18/h2-7,10-14H,8-9H2,1H3. The van der Waals surface area contributed by atoms with Crippen LogP contribution in [0.25, 0.3) is 27.8 Å². The van der Waals surface area contributed by atoms with Crippen LogP contribution in [0.3, 0.4) is 0 Å². The Morgan fingerprint density at radius 3 is 2.75 bits per heavy atom. The Balaban J connectivity index is 1.51. The molecule has 28 heavy (non-hydrogen) atoms. The van der Waals surface area contributed by atoms with E-state index in [0.29, 0.717) is 0 Å².